The topological polar surface area (TPSA) is 80.3 Å². The minimum Gasteiger partial charge on any atom is -0.545 e. The van der Waals surface area contributed by atoms with Crippen LogP contribution in [0.3, 0.4) is 0 Å². The van der Waals surface area contributed by atoms with E-state index in [0.29, 0.717) is 10.6 Å². The maximum atomic E-state index is 10.4. The Morgan fingerprint density at radius 3 is 1.88 bits per heavy atom. The van der Waals surface area contributed by atoms with Gasteiger partial charge in [0, 0.05) is 10.6 Å². The van der Waals surface area contributed by atoms with Gasteiger partial charge in [0.05, 0.1) is 11.9 Å². The summed E-state index contributed by atoms with van der Waals surface area (Å²) in [6.07, 6.45) is 0.945. The Morgan fingerprint density at radius 1 is 1.06 bits per heavy atom. The summed E-state index contributed by atoms with van der Waals surface area (Å²) in [5, 5.41) is 21.2. The molecule has 0 amide bonds. The quantitative estimate of drug-likeness (QED) is 0.316. The number of hydrogen-bond donors (Lipinski definition) is 0. The number of halogens is 1. The van der Waals surface area contributed by atoms with Crippen LogP contribution in [-0.2, 0) is 26.7 Å². The Morgan fingerprint density at radius 2 is 1.50 bits per heavy atom. The summed E-state index contributed by atoms with van der Waals surface area (Å²) in [5.74, 6) is -3.57. The molecular formula is C10H5ClCuO4. The zero-order valence-electron chi connectivity index (χ0n) is 7.70. The van der Waals surface area contributed by atoms with Crippen molar-refractivity contribution in [2.24, 2.45) is 0 Å². The molecule has 0 aliphatic rings. The monoisotopic (exact) mass is 287 g/mol. The first kappa shape index (κ1) is 14.7. The Bertz CT molecular complexity index is 409. The number of hydrogen-bond acceptors (Lipinski definition) is 4. The van der Waals surface area contributed by atoms with Crippen LogP contribution >= 0.6 is 11.6 Å². The summed E-state index contributed by atoms with van der Waals surface area (Å²) in [4.78, 5) is 20.8. The zero-order chi connectivity index (χ0) is 11.4. The molecule has 16 heavy (non-hydrogen) atoms. The summed E-state index contributed by atoms with van der Waals surface area (Å²) in [6, 6.07) is 5.98. The van der Waals surface area contributed by atoms with Gasteiger partial charge in [-0.05, 0) is 23.8 Å². The van der Waals surface area contributed by atoms with Crippen molar-refractivity contribution >= 4 is 29.6 Å². The summed E-state index contributed by atoms with van der Waals surface area (Å²) in [6.45, 7) is 0. The van der Waals surface area contributed by atoms with Crippen molar-refractivity contribution in [2.75, 3.05) is 0 Å². The molecule has 0 atom stereocenters. The van der Waals surface area contributed by atoms with E-state index < -0.39 is 17.5 Å². The van der Waals surface area contributed by atoms with Crippen molar-refractivity contribution in [2.45, 2.75) is 0 Å². The predicted octanol–water partition coefficient (Wildman–Crippen LogP) is -0.779. The van der Waals surface area contributed by atoms with E-state index in [1.807, 2.05) is 0 Å². The third-order valence-corrected chi connectivity index (χ3v) is 1.87. The van der Waals surface area contributed by atoms with Gasteiger partial charge in [-0.1, -0.05) is 23.7 Å². The van der Waals surface area contributed by atoms with Gasteiger partial charge in [-0.15, -0.1) is 0 Å². The normalized spacial score (nSPS) is 8.81. The number of benzene rings is 1. The first-order chi connectivity index (χ1) is 7.00. The molecule has 1 aromatic carbocycles. The number of aliphatic carboxylic acids is 2. The molecule has 0 bridgehead atoms. The maximum Gasteiger partial charge on any atom is 2.00 e. The van der Waals surface area contributed by atoms with Gasteiger partial charge in [-0.3, -0.25) is 0 Å². The second-order valence-corrected chi connectivity index (χ2v) is 3.12. The first-order valence-corrected chi connectivity index (χ1v) is 4.28. The molecule has 0 heterocycles. The van der Waals surface area contributed by atoms with Gasteiger partial charge in [-0.25, -0.2) is 0 Å². The molecule has 1 rings (SSSR count). The van der Waals surface area contributed by atoms with Crippen LogP contribution in [0.2, 0.25) is 5.02 Å². The van der Waals surface area contributed by atoms with Crippen LogP contribution in [0.5, 0.6) is 0 Å². The van der Waals surface area contributed by atoms with E-state index in [0.717, 1.165) is 6.08 Å². The van der Waals surface area contributed by atoms with E-state index in [1.54, 1.807) is 0 Å². The zero-order valence-corrected chi connectivity index (χ0v) is 9.40. The molecule has 0 saturated carbocycles. The van der Waals surface area contributed by atoms with Crippen molar-refractivity contribution in [1.82, 2.24) is 0 Å². The second kappa shape index (κ2) is 6.33. The molecule has 6 heteroatoms. The number of carbonyl (C=O) groups is 2. The van der Waals surface area contributed by atoms with E-state index >= 15 is 0 Å². The van der Waals surface area contributed by atoms with E-state index in [1.165, 1.54) is 24.3 Å². The largest absolute Gasteiger partial charge is 2.00 e. The molecule has 0 aliphatic heterocycles. The van der Waals surface area contributed by atoms with Crippen LogP contribution in [0.1, 0.15) is 5.56 Å². The third kappa shape index (κ3) is 4.06. The number of carbonyl (C=O) groups excluding carboxylic acids is 2. The molecule has 0 fully saturated rings. The molecule has 0 N–H and O–H groups in total. The molecule has 0 aliphatic carbocycles. The van der Waals surface area contributed by atoms with Crippen LogP contribution < -0.4 is 10.2 Å². The number of rotatable bonds is 3. The first-order valence-electron chi connectivity index (χ1n) is 3.90. The molecule has 0 aromatic heterocycles. The van der Waals surface area contributed by atoms with Crippen LogP contribution in [0.25, 0.3) is 6.08 Å². The molecular weight excluding hydrogens is 283 g/mol. The second-order valence-electron chi connectivity index (χ2n) is 2.68. The van der Waals surface area contributed by atoms with Crippen molar-refractivity contribution in [3.05, 3.63) is 40.4 Å². The van der Waals surface area contributed by atoms with Crippen LogP contribution in [0.15, 0.2) is 29.8 Å². The predicted molar refractivity (Wildman–Crippen MR) is 49.4 cm³/mol. The minimum atomic E-state index is -1.79. The van der Waals surface area contributed by atoms with E-state index in [2.05, 4.69) is 0 Å². The van der Waals surface area contributed by atoms with Gasteiger partial charge in [0.2, 0.25) is 0 Å². The van der Waals surface area contributed by atoms with Gasteiger partial charge in [0.1, 0.15) is 0 Å². The van der Waals surface area contributed by atoms with E-state index in [-0.39, 0.29) is 17.1 Å². The molecule has 87 valence electrons. The average Bonchev–Trinajstić information content (AvgIpc) is 2.15. The Balaban J connectivity index is 0.00000225. The van der Waals surface area contributed by atoms with Crippen molar-refractivity contribution in [1.29, 1.82) is 0 Å². The number of carboxylic acid groups (broad SMARTS) is 2. The molecule has 0 saturated heterocycles. The summed E-state index contributed by atoms with van der Waals surface area (Å²) < 4.78 is 0. The molecule has 1 radical (unpaired) electrons. The molecule has 0 unspecified atom stereocenters. The van der Waals surface area contributed by atoms with Gasteiger partial charge in [0.15, 0.2) is 0 Å². The van der Waals surface area contributed by atoms with Crippen LogP contribution in [0.4, 0.5) is 0 Å². The Kier molecular flexibility index (Phi) is 5.82. The van der Waals surface area contributed by atoms with Crippen LogP contribution in [0, 0.1) is 0 Å². The number of carboxylic acids is 2. The average molecular weight is 288 g/mol. The van der Waals surface area contributed by atoms with Crippen molar-refractivity contribution < 1.29 is 36.9 Å². The maximum absolute atomic E-state index is 10.4. The summed E-state index contributed by atoms with van der Waals surface area (Å²) in [7, 11) is 0. The summed E-state index contributed by atoms with van der Waals surface area (Å²) in [5.41, 5.74) is -0.514. The standard InChI is InChI=1S/C10H7ClO4.Cu/c11-7-3-1-6(2-4-7)5-8(9(12)13)10(14)15;/h1-5H,(H,12,13)(H,14,15);/q;+2/p-2. The Hall–Kier alpha value is -1.29. The van der Waals surface area contributed by atoms with Gasteiger partial charge in [-0.2, -0.15) is 0 Å². The molecule has 1 aromatic rings. The van der Waals surface area contributed by atoms with E-state index in [9.17, 15) is 19.8 Å². The third-order valence-electron chi connectivity index (χ3n) is 1.62. The van der Waals surface area contributed by atoms with Crippen molar-refractivity contribution in [3.63, 3.8) is 0 Å². The molecule has 4 nitrogen and oxygen atoms in total. The SMILES string of the molecule is O=C([O-])C(=Cc1ccc(Cl)cc1)C(=O)[O-].[Cu+2]. The van der Waals surface area contributed by atoms with Gasteiger partial charge in [0.25, 0.3) is 0 Å². The Labute approximate surface area is 107 Å². The minimum absolute atomic E-state index is 0. The fraction of sp³-hybridized carbons (Fsp3) is 0. The summed E-state index contributed by atoms with van der Waals surface area (Å²) >= 11 is 5.60. The fourth-order valence-corrected chi connectivity index (χ4v) is 1.05. The molecule has 0 spiro atoms. The smallest absolute Gasteiger partial charge is 0.545 e. The fourth-order valence-electron chi connectivity index (χ4n) is 0.927. The van der Waals surface area contributed by atoms with Crippen molar-refractivity contribution in [3.8, 4) is 0 Å². The van der Waals surface area contributed by atoms with Gasteiger partial charge >= 0.3 is 17.1 Å². The van der Waals surface area contributed by atoms with E-state index in [4.69, 9.17) is 11.6 Å². The van der Waals surface area contributed by atoms with Gasteiger partial charge < -0.3 is 19.8 Å². The van der Waals surface area contributed by atoms with Crippen LogP contribution in [-0.4, -0.2) is 11.9 Å².